The van der Waals surface area contributed by atoms with Gasteiger partial charge < -0.3 is 10.2 Å². The van der Waals surface area contributed by atoms with Crippen LogP contribution in [0.5, 0.6) is 0 Å². The smallest absolute Gasteiger partial charge is 0.229 e. The molecule has 22 heavy (non-hydrogen) atoms. The molecule has 0 radical (unpaired) electrons. The molecule has 1 N–H and O–H groups in total. The van der Waals surface area contributed by atoms with Crippen LogP contribution in [0.15, 0.2) is 24.3 Å². The molecule has 2 aliphatic rings. The second-order valence-corrected chi connectivity index (χ2v) is 6.50. The highest BCUT2D eigenvalue weighted by molar-refractivity contribution is 5.85. The van der Waals surface area contributed by atoms with Crippen molar-refractivity contribution in [2.45, 2.75) is 32.1 Å². The molecular formula is C17H24ClFN2O. The number of likely N-dealkylation sites (tertiary alicyclic amines) is 1. The third-order valence-corrected chi connectivity index (χ3v) is 5.21. The van der Waals surface area contributed by atoms with E-state index in [-0.39, 0.29) is 24.1 Å². The van der Waals surface area contributed by atoms with Crippen LogP contribution in [0.3, 0.4) is 0 Å². The maximum atomic E-state index is 13.8. The summed E-state index contributed by atoms with van der Waals surface area (Å²) < 4.78 is 13.8. The number of halogens is 2. The zero-order valence-electron chi connectivity index (χ0n) is 13.0. The van der Waals surface area contributed by atoms with Gasteiger partial charge in [0.15, 0.2) is 0 Å². The number of hydrogen-bond acceptors (Lipinski definition) is 2. The van der Waals surface area contributed by atoms with E-state index < -0.39 is 5.92 Å². The van der Waals surface area contributed by atoms with Gasteiger partial charge in [-0.25, -0.2) is 4.39 Å². The first-order valence-electron chi connectivity index (χ1n) is 7.85. The van der Waals surface area contributed by atoms with Gasteiger partial charge in [-0.3, -0.25) is 4.79 Å². The highest BCUT2D eigenvalue weighted by Gasteiger charge is 2.38. The number of hydrogen-bond donors (Lipinski definition) is 1. The van der Waals surface area contributed by atoms with Gasteiger partial charge in [0.1, 0.15) is 5.82 Å². The Bertz CT molecular complexity index is 521. The number of nitrogens with one attached hydrogen (secondary N) is 1. The quantitative estimate of drug-likeness (QED) is 0.906. The molecule has 0 bridgehead atoms. The summed E-state index contributed by atoms with van der Waals surface area (Å²) in [7, 11) is 0. The number of benzene rings is 1. The molecule has 2 aliphatic heterocycles. The molecule has 3 rings (SSSR count). The highest BCUT2D eigenvalue weighted by atomic mass is 35.5. The fourth-order valence-corrected chi connectivity index (χ4v) is 3.66. The van der Waals surface area contributed by atoms with E-state index in [4.69, 9.17) is 0 Å². The van der Waals surface area contributed by atoms with E-state index in [0.29, 0.717) is 11.0 Å². The zero-order valence-corrected chi connectivity index (χ0v) is 13.8. The molecule has 0 aliphatic carbocycles. The number of carbonyl (C=O) groups is 1. The monoisotopic (exact) mass is 326 g/mol. The number of piperidine rings is 1. The van der Waals surface area contributed by atoms with Gasteiger partial charge >= 0.3 is 0 Å². The van der Waals surface area contributed by atoms with E-state index >= 15 is 0 Å². The largest absolute Gasteiger partial charge is 0.342 e. The Balaban J connectivity index is 0.00000176. The van der Waals surface area contributed by atoms with Crippen molar-refractivity contribution in [3.05, 3.63) is 35.6 Å². The van der Waals surface area contributed by atoms with Crippen molar-refractivity contribution in [3.63, 3.8) is 0 Å². The highest BCUT2D eigenvalue weighted by Crippen LogP contribution is 2.37. The average Bonchev–Trinajstić information content (AvgIpc) is 2.95. The summed E-state index contributed by atoms with van der Waals surface area (Å²) in [6, 6.07) is 6.59. The van der Waals surface area contributed by atoms with Crippen LogP contribution >= 0.6 is 12.4 Å². The standard InChI is InChI=1S/C17H23FN2O.ClH/c1-13(14-4-2-3-5-15(14)18)16(21)20-10-7-17(8-11-20)6-9-19-12-17;/h2-5,13,19H,6-12H2,1H3;1H. The van der Waals surface area contributed by atoms with Crippen molar-refractivity contribution in [1.82, 2.24) is 10.2 Å². The van der Waals surface area contributed by atoms with Crippen molar-refractivity contribution in [2.75, 3.05) is 26.2 Å². The molecule has 1 amide bonds. The van der Waals surface area contributed by atoms with Crippen LogP contribution in [0.2, 0.25) is 0 Å². The molecule has 0 aromatic heterocycles. The van der Waals surface area contributed by atoms with E-state index in [0.717, 1.165) is 39.0 Å². The molecule has 1 aromatic carbocycles. The van der Waals surface area contributed by atoms with Gasteiger partial charge in [-0.15, -0.1) is 12.4 Å². The maximum absolute atomic E-state index is 13.8. The number of amides is 1. The minimum atomic E-state index is -0.401. The Kier molecular flexibility index (Phi) is 5.45. The second kappa shape index (κ2) is 6.97. The fraction of sp³-hybridized carbons (Fsp3) is 0.588. The minimum absolute atomic E-state index is 0. The first kappa shape index (κ1) is 17.2. The van der Waals surface area contributed by atoms with Gasteiger partial charge in [0.05, 0.1) is 5.92 Å². The minimum Gasteiger partial charge on any atom is -0.342 e. The van der Waals surface area contributed by atoms with E-state index in [1.165, 1.54) is 12.5 Å². The van der Waals surface area contributed by atoms with E-state index in [1.54, 1.807) is 18.2 Å². The van der Waals surface area contributed by atoms with Gasteiger partial charge in [0.25, 0.3) is 0 Å². The molecule has 5 heteroatoms. The summed E-state index contributed by atoms with van der Waals surface area (Å²) in [5.74, 6) is -0.630. The van der Waals surface area contributed by atoms with E-state index in [1.807, 2.05) is 11.8 Å². The van der Waals surface area contributed by atoms with Gasteiger partial charge in [0.2, 0.25) is 5.91 Å². The molecule has 2 saturated heterocycles. The summed E-state index contributed by atoms with van der Waals surface area (Å²) >= 11 is 0. The van der Waals surface area contributed by atoms with Gasteiger partial charge in [-0.05, 0) is 49.8 Å². The number of nitrogens with zero attached hydrogens (tertiary/aromatic N) is 1. The van der Waals surface area contributed by atoms with Crippen LogP contribution in [-0.4, -0.2) is 37.0 Å². The summed E-state index contributed by atoms with van der Waals surface area (Å²) in [6.07, 6.45) is 3.35. The van der Waals surface area contributed by atoms with Crippen molar-refractivity contribution >= 4 is 18.3 Å². The summed E-state index contributed by atoms with van der Waals surface area (Å²) in [5, 5.41) is 3.43. The molecule has 1 spiro atoms. The Morgan fingerprint density at radius 2 is 1.95 bits per heavy atom. The third-order valence-electron chi connectivity index (χ3n) is 5.21. The Morgan fingerprint density at radius 1 is 1.27 bits per heavy atom. The summed E-state index contributed by atoms with van der Waals surface area (Å²) in [6.45, 7) is 5.60. The van der Waals surface area contributed by atoms with Crippen molar-refractivity contribution < 1.29 is 9.18 Å². The van der Waals surface area contributed by atoms with Crippen molar-refractivity contribution in [1.29, 1.82) is 0 Å². The average molecular weight is 327 g/mol. The molecular weight excluding hydrogens is 303 g/mol. The maximum Gasteiger partial charge on any atom is 0.229 e. The van der Waals surface area contributed by atoms with Crippen LogP contribution in [0.25, 0.3) is 0 Å². The topological polar surface area (TPSA) is 32.3 Å². The van der Waals surface area contributed by atoms with Crippen LogP contribution in [0.1, 0.15) is 37.7 Å². The van der Waals surface area contributed by atoms with Crippen LogP contribution in [-0.2, 0) is 4.79 Å². The first-order chi connectivity index (χ1) is 10.1. The first-order valence-corrected chi connectivity index (χ1v) is 7.85. The predicted octanol–water partition coefficient (Wildman–Crippen LogP) is 2.95. The molecule has 0 saturated carbocycles. The van der Waals surface area contributed by atoms with Gasteiger partial charge in [-0.2, -0.15) is 0 Å². The normalized spacial score (nSPS) is 21.5. The summed E-state index contributed by atoms with van der Waals surface area (Å²) in [4.78, 5) is 14.5. The van der Waals surface area contributed by atoms with E-state index in [9.17, 15) is 9.18 Å². The Hall–Kier alpha value is -1.13. The molecule has 1 atom stereocenters. The SMILES string of the molecule is CC(C(=O)N1CCC2(CCNC2)CC1)c1ccccc1F.Cl. The van der Waals surface area contributed by atoms with Crippen molar-refractivity contribution in [2.24, 2.45) is 5.41 Å². The Labute approximate surface area is 137 Å². The molecule has 2 heterocycles. The van der Waals surface area contributed by atoms with Crippen molar-refractivity contribution in [3.8, 4) is 0 Å². The molecule has 1 unspecified atom stereocenters. The number of rotatable bonds is 2. The number of carbonyl (C=O) groups excluding carboxylic acids is 1. The molecule has 122 valence electrons. The van der Waals surface area contributed by atoms with Gasteiger partial charge in [0, 0.05) is 19.6 Å². The Morgan fingerprint density at radius 3 is 2.55 bits per heavy atom. The lowest BCUT2D eigenvalue weighted by molar-refractivity contribution is -0.134. The third kappa shape index (κ3) is 3.28. The van der Waals surface area contributed by atoms with Crippen LogP contribution in [0.4, 0.5) is 4.39 Å². The molecule has 1 aromatic rings. The van der Waals surface area contributed by atoms with Crippen LogP contribution in [0, 0.1) is 11.2 Å². The molecule has 3 nitrogen and oxygen atoms in total. The zero-order chi connectivity index (χ0) is 14.9. The lowest BCUT2D eigenvalue weighted by atomic mass is 9.77. The lowest BCUT2D eigenvalue weighted by Gasteiger charge is -2.39. The fourth-order valence-electron chi connectivity index (χ4n) is 3.66. The second-order valence-electron chi connectivity index (χ2n) is 6.50. The van der Waals surface area contributed by atoms with Crippen LogP contribution < -0.4 is 5.32 Å². The van der Waals surface area contributed by atoms with E-state index in [2.05, 4.69) is 5.32 Å². The summed E-state index contributed by atoms with van der Waals surface area (Å²) in [5.41, 5.74) is 0.906. The van der Waals surface area contributed by atoms with Gasteiger partial charge in [-0.1, -0.05) is 18.2 Å². The predicted molar refractivity (Wildman–Crippen MR) is 87.8 cm³/mol. The molecule has 2 fully saturated rings. The lowest BCUT2D eigenvalue weighted by Crippen LogP contribution is -2.45.